The quantitative estimate of drug-likeness (QED) is 0.777. The van der Waals surface area contributed by atoms with E-state index in [4.69, 9.17) is 9.47 Å². The van der Waals surface area contributed by atoms with Crippen LogP contribution in [0.25, 0.3) is 0 Å². The lowest BCUT2D eigenvalue weighted by Crippen LogP contribution is -2.02. The molecule has 0 spiro atoms. The lowest BCUT2D eigenvalue weighted by atomic mass is 10.0. The fourth-order valence-electron chi connectivity index (χ4n) is 2.10. The fourth-order valence-corrected chi connectivity index (χ4v) is 2.10. The van der Waals surface area contributed by atoms with Crippen molar-refractivity contribution in [3.05, 3.63) is 58.7 Å². The normalized spacial score (nSPS) is 10.2. The Kier molecular flexibility index (Phi) is 4.41. The number of aldehydes is 1. The molecular weight excluding hydrogens is 252 g/mol. The van der Waals surface area contributed by atoms with Crippen LogP contribution in [0.1, 0.15) is 27.0 Å². The van der Waals surface area contributed by atoms with Crippen molar-refractivity contribution in [3.63, 3.8) is 0 Å². The second-order valence-corrected chi connectivity index (χ2v) is 4.68. The molecule has 0 unspecified atom stereocenters. The first-order valence-electron chi connectivity index (χ1n) is 6.47. The summed E-state index contributed by atoms with van der Waals surface area (Å²) in [6.45, 7) is 4.56. The van der Waals surface area contributed by atoms with Gasteiger partial charge in [0.25, 0.3) is 0 Å². The molecule has 0 aromatic heterocycles. The van der Waals surface area contributed by atoms with E-state index >= 15 is 0 Å². The highest BCUT2D eigenvalue weighted by atomic mass is 16.5. The van der Waals surface area contributed by atoms with E-state index in [1.165, 1.54) is 11.1 Å². The maximum atomic E-state index is 11.1. The molecule has 0 aliphatic carbocycles. The van der Waals surface area contributed by atoms with Crippen LogP contribution >= 0.6 is 0 Å². The molecule has 0 atom stereocenters. The first-order chi connectivity index (χ1) is 9.65. The topological polar surface area (TPSA) is 35.5 Å². The van der Waals surface area contributed by atoms with E-state index in [1.807, 2.05) is 6.07 Å². The average Bonchev–Trinajstić information content (AvgIpc) is 2.46. The number of methoxy groups -OCH3 is 1. The predicted octanol–water partition coefficient (Wildman–Crippen LogP) is 3.70. The van der Waals surface area contributed by atoms with E-state index in [2.05, 4.69) is 26.0 Å². The van der Waals surface area contributed by atoms with Crippen molar-refractivity contribution in [1.29, 1.82) is 0 Å². The van der Waals surface area contributed by atoms with Crippen LogP contribution in [0.5, 0.6) is 11.5 Å². The highest BCUT2D eigenvalue weighted by molar-refractivity contribution is 5.80. The van der Waals surface area contributed by atoms with Gasteiger partial charge in [0, 0.05) is 0 Å². The Morgan fingerprint density at radius 2 is 1.80 bits per heavy atom. The van der Waals surface area contributed by atoms with E-state index in [1.54, 1.807) is 25.3 Å². The number of carbonyl (C=O) groups excluding carboxylic acids is 1. The molecule has 2 aromatic carbocycles. The SMILES string of the molecule is COc1ccc(OCc2c(C)cccc2C)c(C=O)c1. The van der Waals surface area contributed by atoms with Gasteiger partial charge in [-0.15, -0.1) is 0 Å². The van der Waals surface area contributed by atoms with E-state index in [-0.39, 0.29) is 0 Å². The maximum absolute atomic E-state index is 11.1. The van der Waals surface area contributed by atoms with Crippen LogP contribution in [-0.4, -0.2) is 13.4 Å². The Hall–Kier alpha value is -2.29. The zero-order valence-electron chi connectivity index (χ0n) is 12.0. The molecule has 0 bridgehead atoms. The summed E-state index contributed by atoms with van der Waals surface area (Å²) >= 11 is 0. The third-order valence-corrected chi connectivity index (χ3v) is 3.36. The van der Waals surface area contributed by atoms with Gasteiger partial charge < -0.3 is 9.47 Å². The van der Waals surface area contributed by atoms with Crippen molar-refractivity contribution in [2.75, 3.05) is 7.11 Å². The lowest BCUT2D eigenvalue weighted by molar-refractivity contribution is 0.111. The van der Waals surface area contributed by atoms with E-state index in [9.17, 15) is 4.79 Å². The Balaban J connectivity index is 2.21. The van der Waals surface area contributed by atoms with Crippen molar-refractivity contribution in [2.45, 2.75) is 20.5 Å². The van der Waals surface area contributed by atoms with Gasteiger partial charge in [-0.3, -0.25) is 4.79 Å². The van der Waals surface area contributed by atoms with Crippen molar-refractivity contribution in [1.82, 2.24) is 0 Å². The van der Waals surface area contributed by atoms with Crippen LogP contribution in [0.3, 0.4) is 0 Å². The minimum atomic E-state index is 0.450. The second-order valence-electron chi connectivity index (χ2n) is 4.68. The number of ether oxygens (including phenoxy) is 2. The summed E-state index contributed by atoms with van der Waals surface area (Å²) in [7, 11) is 1.57. The number of carbonyl (C=O) groups is 1. The van der Waals surface area contributed by atoms with Gasteiger partial charge in [-0.1, -0.05) is 18.2 Å². The monoisotopic (exact) mass is 270 g/mol. The Morgan fingerprint density at radius 1 is 1.10 bits per heavy atom. The van der Waals surface area contributed by atoms with Gasteiger partial charge in [0.15, 0.2) is 6.29 Å². The highest BCUT2D eigenvalue weighted by Crippen LogP contribution is 2.24. The molecule has 2 aromatic rings. The summed E-state index contributed by atoms with van der Waals surface area (Å²) < 4.78 is 10.9. The first-order valence-corrected chi connectivity index (χ1v) is 6.47. The standard InChI is InChI=1S/C17H18O3/c1-12-5-4-6-13(2)16(12)11-20-17-8-7-15(19-3)9-14(17)10-18/h4-10H,11H2,1-3H3. The molecule has 0 saturated carbocycles. The van der Waals surface area contributed by atoms with Gasteiger partial charge in [-0.2, -0.15) is 0 Å². The fraction of sp³-hybridized carbons (Fsp3) is 0.235. The summed E-state index contributed by atoms with van der Waals surface area (Å²) in [5, 5.41) is 0. The first kappa shape index (κ1) is 14.1. The van der Waals surface area contributed by atoms with Gasteiger partial charge in [-0.05, 0) is 48.7 Å². The lowest BCUT2D eigenvalue weighted by Gasteiger charge is -2.13. The van der Waals surface area contributed by atoms with Crippen molar-refractivity contribution < 1.29 is 14.3 Å². The van der Waals surface area contributed by atoms with Crippen molar-refractivity contribution >= 4 is 6.29 Å². The minimum absolute atomic E-state index is 0.450. The maximum Gasteiger partial charge on any atom is 0.153 e. The summed E-state index contributed by atoms with van der Waals surface area (Å²) in [5.74, 6) is 1.22. The minimum Gasteiger partial charge on any atom is -0.497 e. The van der Waals surface area contributed by atoms with E-state index in [0.29, 0.717) is 23.7 Å². The second kappa shape index (κ2) is 6.24. The van der Waals surface area contributed by atoms with E-state index in [0.717, 1.165) is 11.8 Å². The largest absolute Gasteiger partial charge is 0.497 e. The molecule has 3 heteroatoms. The molecule has 3 nitrogen and oxygen atoms in total. The van der Waals surface area contributed by atoms with Crippen molar-refractivity contribution in [3.8, 4) is 11.5 Å². The third kappa shape index (κ3) is 2.99. The molecule has 0 fully saturated rings. The molecule has 0 radical (unpaired) electrons. The number of benzene rings is 2. The van der Waals surface area contributed by atoms with Gasteiger partial charge >= 0.3 is 0 Å². The van der Waals surface area contributed by atoms with Gasteiger partial charge in [-0.25, -0.2) is 0 Å². The van der Waals surface area contributed by atoms with Crippen molar-refractivity contribution in [2.24, 2.45) is 0 Å². The number of aryl methyl sites for hydroxylation is 2. The van der Waals surface area contributed by atoms with Crippen LogP contribution in [0.2, 0.25) is 0 Å². The summed E-state index contributed by atoms with van der Waals surface area (Å²) in [4.78, 5) is 11.1. The van der Waals surface area contributed by atoms with Gasteiger partial charge in [0.2, 0.25) is 0 Å². The van der Waals surface area contributed by atoms with Crippen LogP contribution < -0.4 is 9.47 Å². The summed E-state index contributed by atoms with van der Waals surface area (Å²) in [6, 6.07) is 11.4. The molecule has 0 amide bonds. The Labute approximate surface area is 119 Å². The van der Waals surface area contributed by atoms with Crippen LogP contribution in [0.4, 0.5) is 0 Å². The molecule has 0 heterocycles. The Bertz CT molecular complexity index is 597. The zero-order valence-corrected chi connectivity index (χ0v) is 12.0. The average molecular weight is 270 g/mol. The molecule has 2 rings (SSSR count). The smallest absolute Gasteiger partial charge is 0.153 e. The number of rotatable bonds is 5. The predicted molar refractivity (Wildman–Crippen MR) is 78.6 cm³/mol. The Morgan fingerprint density at radius 3 is 2.40 bits per heavy atom. The van der Waals surface area contributed by atoms with E-state index < -0.39 is 0 Å². The molecule has 0 saturated heterocycles. The van der Waals surface area contributed by atoms with Gasteiger partial charge in [0.05, 0.1) is 12.7 Å². The third-order valence-electron chi connectivity index (χ3n) is 3.36. The zero-order chi connectivity index (χ0) is 14.5. The molecule has 0 aliphatic heterocycles. The molecule has 104 valence electrons. The van der Waals surface area contributed by atoms with Gasteiger partial charge in [0.1, 0.15) is 18.1 Å². The summed E-state index contributed by atoms with van der Waals surface area (Å²) in [6.07, 6.45) is 0.780. The van der Waals surface area contributed by atoms with Crippen LogP contribution in [-0.2, 0) is 6.61 Å². The molecular formula is C17H18O3. The molecule has 0 N–H and O–H groups in total. The van der Waals surface area contributed by atoms with Crippen LogP contribution in [0, 0.1) is 13.8 Å². The summed E-state index contributed by atoms with van der Waals surface area (Å²) in [5.41, 5.74) is 4.02. The molecule has 20 heavy (non-hydrogen) atoms. The number of hydrogen-bond acceptors (Lipinski definition) is 3. The number of hydrogen-bond donors (Lipinski definition) is 0. The molecule has 0 aliphatic rings. The highest BCUT2D eigenvalue weighted by Gasteiger charge is 2.07. The van der Waals surface area contributed by atoms with Crippen LogP contribution in [0.15, 0.2) is 36.4 Å².